The van der Waals surface area contributed by atoms with Crippen LogP contribution in [-0.2, 0) is 14.3 Å². The highest BCUT2D eigenvalue weighted by Gasteiger charge is 2.17. The molecule has 0 radical (unpaired) electrons. The van der Waals surface area contributed by atoms with Gasteiger partial charge in [-0.15, -0.1) is 11.8 Å². The molecule has 154 valence electrons. The second-order valence-electron chi connectivity index (χ2n) is 5.79. The maximum absolute atomic E-state index is 12.3. The summed E-state index contributed by atoms with van der Waals surface area (Å²) in [5.41, 5.74) is 1.05. The van der Waals surface area contributed by atoms with Gasteiger partial charge in [-0.1, -0.05) is 0 Å². The molecule has 2 amide bonds. The summed E-state index contributed by atoms with van der Waals surface area (Å²) < 4.78 is 15.5. The molecule has 29 heavy (non-hydrogen) atoms. The molecule has 0 aliphatic heterocycles. The van der Waals surface area contributed by atoms with E-state index in [0.29, 0.717) is 22.9 Å². The van der Waals surface area contributed by atoms with E-state index in [0.717, 1.165) is 4.90 Å². The number of ether oxygens (including phenoxy) is 3. The molecule has 0 aromatic heterocycles. The van der Waals surface area contributed by atoms with Gasteiger partial charge in [-0.3, -0.25) is 9.59 Å². The van der Waals surface area contributed by atoms with Crippen LogP contribution in [-0.4, -0.2) is 44.9 Å². The predicted molar refractivity (Wildman–Crippen MR) is 111 cm³/mol. The normalized spacial score (nSPS) is 10.1. The summed E-state index contributed by atoms with van der Waals surface area (Å²) in [4.78, 5) is 36.7. The van der Waals surface area contributed by atoms with Crippen molar-refractivity contribution >= 4 is 40.9 Å². The number of nitrogens with one attached hydrogen (secondary N) is 2. The summed E-state index contributed by atoms with van der Waals surface area (Å²) in [5, 5.41) is 5.22. The zero-order chi connectivity index (χ0) is 21.4. The van der Waals surface area contributed by atoms with Gasteiger partial charge in [0.2, 0.25) is 5.91 Å². The topological polar surface area (TPSA) is 103 Å². The van der Waals surface area contributed by atoms with Crippen molar-refractivity contribution in [3.8, 4) is 11.5 Å². The minimum absolute atomic E-state index is 0.225. The fourth-order valence-corrected chi connectivity index (χ4v) is 2.88. The quantitative estimate of drug-likeness (QED) is 0.501. The van der Waals surface area contributed by atoms with E-state index in [1.165, 1.54) is 32.9 Å². The van der Waals surface area contributed by atoms with Crippen molar-refractivity contribution in [1.29, 1.82) is 0 Å². The lowest BCUT2D eigenvalue weighted by Crippen LogP contribution is -2.21. The molecule has 0 saturated heterocycles. The van der Waals surface area contributed by atoms with Crippen LogP contribution in [0.1, 0.15) is 17.3 Å². The fourth-order valence-electron chi connectivity index (χ4n) is 2.45. The van der Waals surface area contributed by atoms with Crippen molar-refractivity contribution in [2.75, 3.05) is 37.7 Å². The molecule has 8 nitrogen and oxygen atoms in total. The summed E-state index contributed by atoms with van der Waals surface area (Å²) >= 11 is 1.51. The van der Waals surface area contributed by atoms with E-state index in [9.17, 15) is 14.4 Å². The van der Waals surface area contributed by atoms with Gasteiger partial charge in [0.05, 0.1) is 19.9 Å². The first-order valence-electron chi connectivity index (χ1n) is 8.52. The molecule has 9 heteroatoms. The standard InChI is InChI=1S/C20H22N2O6S/c1-12(23)21-13-5-8-17(26-2)16(9-13)22-19(24)11-28-20(25)15-7-6-14(29-4)10-18(15)27-3/h5-10H,11H2,1-4H3,(H,21,23)(H,22,24). The minimum atomic E-state index is -0.677. The van der Waals surface area contributed by atoms with Gasteiger partial charge in [0, 0.05) is 17.5 Å². The monoisotopic (exact) mass is 418 g/mol. The molecule has 0 fully saturated rings. The molecule has 2 N–H and O–H groups in total. The number of methoxy groups -OCH3 is 2. The SMILES string of the molecule is COc1ccc(NC(C)=O)cc1NC(=O)COC(=O)c1ccc(SC)cc1OC. The molecule has 2 rings (SSSR count). The highest BCUT2D eigenvalue weighted by atomic mass is 32.2. The van der Waals surface area contributed by atoms with Crippen molar-refractivity contribution in [2.24, 2.45) is 0 Å². The van der Waals surface area contributed by atoms with Crippen molar-refractivity contribution in [3.05, 3.63) is 42.0 Å². The van der Waals surface area contributed by atoms with Crippen molar-refractivity contribution in [1.82, 2.24) is 0 Å². The Morgan fingerprint density at radius 3 is 2.31 bits per heavy atom. The van der Waals surface area contributed by atoms with Gasteiger partial charge in [0.15, 0.2) is 6.61 Å². The Balaban J connectivity index is 2.04. The minimum Gasteiger partial charge on any atom is -0.496 e. The van der Waals surface area contributed by atoms with Gasteiger partial charge in [-0.25, -0.2) is 4.79 Å². The van der Waals surface area contributed by atoms with Crippen LogP contribution in [0.5, 0.6) is 11.5 Å². The number of carbonyl (C=O) groups excluding carboxylic acids is 3. The second kappa shape index (κ2) is 10.4. The first-order chi connectivity index (χ1) is 13.9. The maximum atomic E-state index is 12.3. The Labute approximate surface area is 172 Å². The van der Waals surface area contributed by atoms with Crippen LogP contribution >= 0.6 is 11.8 Å². The van der Waals surface area contributed by atoms with Gasteiger partial charge in [0.1, 0.15) is 17.1 Å². The van der Waals surface area contributed by atoms with E-state index in [2.05, 4.69) is 10.6 Å². The number of hydrogen-bond donors (Lipinski definition) is 2. The molecule has 0 spiro atoms. The highest BCUT2D eigenvalue weighted by molar-refractivity contribution is 7.98. The van der Waals surface area contributed by atoms with E-state index < -0.39 is 18.5 Å². The van der Waals surface area contributed by atoms with Crippen LogP contribution in [0.15, 0.2) is 41.3 Å². The molecule has 0 unspecified atom stereocenters. The molecular formula is C20H22N2O6S. The van der Waals surface area contributed by atoms with Crippen LogP contribution in [0, 0.1) is 0 Å². The predicted octanol–water partition coefficient (Wildman–Crippen LogP) is 3.18. The highest BCUT2D eigenvalue weighted by Crippen LogP contribution is 2.28. The lowest BCUT2D eigenvalue weighted by atomic mass is 10.2. The van der Waals surface area contributed by atoms with Gasteiger partial charge >= 0.3 is 5.97 Å². The van der Waals surface area contributed by atoms with E-state index >= 15 is 0 Å². The first-order valence-corrected chi connectivity index (χ1v) is 9.75. The zero-order valence-corrected chi connectivity index (χ0v) is 17.3. The lowest BCUT2D eigenvalue weighted by molar-refractivity contribution is -0.119. The van der Waals surface area contributed by atoms with Gasteiger partial charge in [-0.05, 0) is 42.7 Å². The van der Waals surface area contributed by atoms with Crippen LogP contribution in [0.3, 0.4) is 0 Å². The molecule has 0 saturated carbocycles. The third-order valence-electron chi connectivity index (χ3n) is 3.76. The first kappa shape index (κ1) is 22.1. The maximum Gasteiger partial charge on any atom is 0.342 e. The van der Waals surface area contributed by atoms with Crippen LogP contribution < -0.4 is 20.1 Å². The third-order valence-corrected chi connectivity index (χ3v) is 4.48. The number of hydrogen-bond acceptors (Lipinski definition) is 7. The number of esters is 1. The molecule has 2 aromatic carbocycles. The van der Waals surface area contributed by atoms with Crippen LogP contribution in [0.25, 0.3) is 0 Å². The van der Waals surface area contributed by atoms with Crippen LogP contribution in [0.4, 0.5) is 11.4 Å². The van der Waals surface area contributed by atoms with Gasteiger partial charge < -0.3 is 24.8 Å². The summed E-state index contributed by atoms with van der Waals surface area (Å²) in [6.07, 6.45) is 1.91. The van der Waals surface area contributed by atoms with Crippen LogP contribution in [0.2, 0.25) is 0 Å². The average Bonchev–Trinajstić information content (AvgIpc) is 2.71. The molecule has 0 atom stereocenters. The smallest absolute Gasteiger partial charge is 0.342 e. The van der Waals surface area contributed by atoms with Crippen molar-refractivity contribution < 1.29 is 28.6 Å². The average molecular weight is 418 g/mol. The van der Waals surface area contributed by atoms with Gasteiger partial charge in [-0.2, -0.15) is 0 Å². The Morgan fingerprint density at radius 1 is 0.966 bits per heavy atom. The summed E-state index contributed by atoms with van der Waals surface area (Å²) in [6.45, 7) is 0.877. The third kappa shape index (κ3) is 6.15. The van der Waals surface area contributed by atoms with Gasteiger partial charge in [0.25, 0.3) is 5.91 Å². The Hall–Kier alpha value is -3.20. The number of anilines is 2. The summed E-state index contributed by atoms with van der Waals surface area (Å²) in [7, 11) is 2.91. The number of rotatable bonds is 8. The van der Waals surface area contributed by atoms with E-state index in [4.69, 9.17) is 14.2 Å². The number of amides is 2. The number of thioether (sulfide) groups is 1. The van der Waals surface area contributed by atoms with Crippen molar-refractivity contribution in [3.63, 3.8) is 0 Å². The second-order valence-corrected chi connectivity index (χ2v) is 6.67. The van der Waals surface area contributed by atoms with E-state index in [1.54, 1.807) is 36.4 Å². The Bertz CT molecular complexity index is 916. The Kier molecular flexibility index (Phi) is 7.90. The molecular weight excluding hydrogens is 396 g/mol. The number of benzene rings is 2. The van der Waals surface area contributed by atoms with E-state index in [1.807, 2.05) is 6.26 Å². The van der Waals surface area contributed by atoms with Crippen molar-refractivity contribution in [2.45, 2.75) is 11.8 Å². The van der Waals surface area contributed by atoms with E-state index in [-0.39, 0.29) is 11.5 Å². The lowest BCUT2D eigenvalue weighted by Gasteiger charge is -2.13. The number of carbonyl (C=O) groups is 3. The fraction of sp³-hybridized carbons (Fsp3) is 0.250. The summed E-state index contributed by atoms with van der Waals surface area (Å²) in [6, 6.07) is 9.86. The zero-order valence-electron chi connectivity index (χ0n) is 16.5. The Morgan fingerprint density at radius 2 is 1.69 bits per heavy atom. The molecule has 2 aromatic rings. The largest absolute Gasteiger partial charge is 0.496 e. The molecule has 0 heterocycles. The molecule has 0 aliphatic rings. The summed E-state index contributed by atoms with van der Waals surface area (Å²) in [5.74, 6) is -0.720. The molecule has 0 aliphatic carbocycles. The molecule has 0 bridgehead atoms.